The monoisotopic (exact) mass is 292 g/mol. The number of hydrogen-bond donors (Lipinski definition) is 0. The summed E-state index contributed by atoms with van der Waals surface area (Å²) in [6.07, 6.45) is 4.13. The van der Waals surface area contributed by atoms with Crippen molar-refractivity contribution < 1.29 is 9.13 Å². The minimum Gasteiger partial charge on any atom is -0.490 e. The Hall–Kier alpha value is -1.99. The van der Waals surface area contributed by atoms with Gasteiger partial charge in [-0.3, -0.25) is 4.68 Å². The van der Waals surface area contributed by atoms with E-state index < -0.39 is 0 Å². The Morgan fingerprint density at radius 3 is 3.05 bits per heavy atom. The predicted octanol–water partition coefficient (Wildman–Crippen LogP) is 3.08. The number of aromatic nitrogens is 2. The molecule has 5 heteroatoms. The largest absolute Gasteiger partial charge is 0.490 e. The van der Waals surface area contributed by atoms with Crippen LogP contribution in [0.15, 0.2) is 36.7 Å². The van der Waals surface area contributed by atoms with E-state index in [1.165, 1.54) is 12.1 Å². The Morgan fingerprint density at radius 1 is 1.40 bits per heavy atom. The van der Waals surface area contributed by atoms with Gasteiger partial charge in [-0.15, -0.1) is 11.6 Å². The van der Waals surface area contributed by atoms with Gasteiger partial charge in [0.2, 0.25) is 0 Å². The summed E-state index contributed by atoms with van der Waals surface area (Å²) in [7, 11) is 0. The van der Waals surface area contributed by atoms with Crippen molar-refractivity contribution in [2.45, 2.75) is 13.0 Å². The molecule has 2 aromatic rings. The highest BCUT2D eigenvalue weighted by Crippen LogP contribution is 2.19. The van der Waals surface area contributed by atoms with E-state index in [4.69, 9.17) is 16.3 Å². The van der Waals surface area contributed by atoms with Crippen molar-refractivity contribution in [3.8, 4) is 17.6 Å². The van der Waals surface area contributed by atoms with Gasteiger partial charge in [-0.25, -0.2) is 4.39 Å². The van der Waals surface area contributed by atoms with E-state index >= 15 is 0 Å². The van der Waals surface area contributed by atoms with Gasteiger partial charge in [0.25, 0.3) is 0 Å². The van der Waals surface area contributed by atoms with Gasteiger partial charge in [0.1, 0.15) is 18.2 Å². The van der Waals surface area contributed by atoms with Crippen LogP contribution >= 0.6 is 11.6 Å². The van der Waals surface area contributed by atoms with Crippen molar-refractivity contribution in [2.75, 3.05) is 12.5 Å². The number of hydrogen-bond acceptors (Lipinski definition) is 2. The maximum Gasteiger partial charge on any atom is 0.137 e. The molecule has 0 saturated heterocycles. The Bertz CT molecular complexity index is 602. The SMILES string of the molecule is Fc1ccc(C#CCCCl)c(OCCn2cccn2)c1. The molecule has 20 heavy (non-hydrogen) atoms. The normalized spacial score (nSPS) is 9.90. The first-order valence-electron chi connectivity index (χ1n) is 6.24. The van der Waals surface area contributed by atoms with Crippen molar-refractivity contribution in [2.24, 2.45) is 0 Å². The lowest BCUT2D eigenvalue weighted by molar-refractivity contribution is 0.289. The summed E-state index contributed by atoms with van der Waals surface area (Å²) in [6, 6.07) is 6.16. The summed E-state index contributed by atoms with van der Waals surface area (Å²) in [5.41, 5.74) is 0.664. The lowest BCUT2D eigenvalue weighted by Crippen LogP contribution is -2.09. The van der Waals surface area contributed by atoms with E-state index in [9.17, 15) is 4.39 Å². The van der Waals surface area contributed by atoms with E-state index in [1.54, 1.807) is 16.9 Å². The third-order valence-electron chi connectivity index (χ3n) is 2.52. The molecule has 0 saturated carbocycles. The molecule has 0 atom stereocenters. The highest BCUT2D eigenvalue weighted by molar-refractivity contribution is 6.18. The molecule has 0 aliphatic rings. The lowest BCUT2D eigenvalue weighted by atomic mass is 10.2. The summed E-state index contributed by atoms with van der Waals surface area (Å²) in [4.78, 5) is 0. The fourth-order valence-corrected chi connectivity index (χ4v) is 1.70. The van der Waals surface area contributed by atoms with E-state index in [1.807, 2.05) is 12.3 Å². The number of benzene rings is 1. The van der Waals surface area contributed by atoms with Gasteiger partial charge in [-0.2, -0.15) is 5.10 Å². The molecular weight excluding hydrogens is 279 g/mol. The smallest absolute Gasteiger partial charge is 0.137 e. The summed E-state index contributed by atoms with van der Waals surface area (Å²) in [6.45, 7) is 0.993. The molecule has 0 bridgehead atoms. The van der Waals surface area contributed by atoms with Crippen LogP contribution in [0.4, 0.5) is 4.39 Å². The topological polar surface area (TPSA) is 27.1 Å². The van der Waals surface area contributed by atoms with Crippen LogP contribution in [0.2, 0.25) is 0 Å². The quantitative estimate of drug-likeness (QED) is 0.625. The van der Waals surface area contributed by atoms with Crippen LogP contribution in [0.3, 0.4) is 0 Å². The first-order valence-corrected chi connectivity index (χ1v) is 6.77. The van der Waals surface area contributed by atoms with Crippen LogP contribution in [0.5, 0.6) is 5.75 Å². The second kappa shape index (κ2) is 7.56. The highest BCUT2D eigenvalue weighted by atomic mass is 35.5. The Labute approximate surface area is 122 Å². The predicted molar refractivity (Wildman–Crippen MR) is 76.3 cm³/mol. The third kappa shape index (κ3) is 4.29. The number of alkyl halides is 1. The molecule has 0 aliphatic carbocycles. The lowest BCUT2D eigenvalue weighted by Gasteiger charge is -2.08. The zero-order chi connectivity index (χ0) is 14.2. The van der Waals surface area contributed by atoms with Crippen LogP contribution in [0.1, 0.15) is 12.0 Å². The molecule has 2 rings (SSSR count). The van der Waals surface area contributed by atoms with Gasteiger partial charge in [0, 0.05) is 30.8 Å². The Morgan fingerprint density at radius 2 is 2.30 bits per heavy atom. The highest BCUT2D eigenvalue weighted by Gasteiger charge is 2.03. The fraction of sp³-hybridized carbons (Fsp3) is 0.267. The van der Waals surface area contributed by atoms with Gasteiger partial charge in [0.05, 0.1) is 12.1 Å². The van der Waals surface area contributed by atoms with Crippen molar-refractivity contribution in [3.05, 3.63) is 48.0 Å². The molecule has 0 fully saturated rings. The van der Waals surface area contributed by atoms with Gasteiger partial charge in [-0.05, 0) is 18.2 Å². The van der Waals surface area contributed by atoms with Gasteiger partial charge in [0.15, 0.2) is 0 Å². The molecule has 0 spiro atoms. The van der Waals surface area contributed by atoms with Gasteiger partial charge >= 0.3 is 0 Å². The first kappa shape index (κ1) is 14.4. The fourth-order valence-electron chi connectivity index (χ4n) is 1.61. The molecule has 104 valence electrons. The van der Waals surface area contributed by atoms with E-state index in [2.05, 4.69) is 16.9 Å². The molecule has 1 aromatic carbocycles. The van der Waals surface area contributed by atoms with Crippen LogP contribution in [0.25, 0.3) is 0 Å². The molecule has 3 nitrogen and oxygen atoms in total. The molecule has 0 N–H and O–H groups in total. The maximum absolute atomic E-state index is 13.3. The Kier molecular flexibility index (Phi) is 5.45. The molecule has 1 aromatic heterocycles. The molecule has 0 aliphatic heterocycles. The standard InChI is InChI=1S/C15H14ClFN2O/c16-7-2-1-4-13-5-6-14(17)12-15(13)20-11-10-19-9-3-8-18-19/h3,5-6,8-9,12H,2,7,10-11H2. The summed E-state index contributed by atoms with van der Waals surface area (Å²) in [5.74, 6) is 6.42. The number of nitrogens with zero attached hydrogens (tertiary/aromatic N) is 2. The van der Waals surface area contributed by atoms with Crippen LogP contribution < -0.4 is 4.74 Å². The molecule has 0 amide bonds. The van der Waals surface area contributed by atoms with Gasteiger partial charge in [-0.1, -0.05) is 11.8 Å². The average Bonchev–Trinajstić information content (AvgIpc) is 2.94. The zero-order valence-corrected chi connectivity index (χ0v) is 11.6. The van der Waals surface area contributed by atoms with Crippen LogP contribution in [0, 0.1) is 17.7 Å². The number of rotatable bonds is 5. The van der Waals surface area contributed by atoms with Crippen molar-refractivity contribution in [1.29, 1.82) is 0 Å². The van der Waals surface area contributed by atoms with Crippen molar-refractivity contribution in [3.63, 3.8) is 0 Å². The molecular formula is C15H14ClFN2O. The first-order chi connectivity index (χ1) is 9.79. The molecule has 0 radical (unpaired) electrons. The molecule has 1 heterocycles. The van der Waals surface area contributed by atoms with E-state index in [0.717, 1.165) is 0 Å². The van der Waals surface area contributed by atoms with E-state index in [0.29, 0.717) is 36.8 Å². The third-order valence-corrected chi connectivity index (χ3v) is 2.71. The average molecular weight is 293 g/mol. The summed E-state index contributed by atoms with van der Waals surface area (Å²) in [5, 5.41) is 4.07. The molecule has 0 unspecified atom stereocenters. The summed E-state index contributed by atoms with van der Waals surface area (Å²) < 4.78 is 20.6. The second-order valence-electron chi connectivity index (χ2n) is 4.00. The minimum atomic E-state index is -0.345. The van der Waals surface area contributed by atoms with Crippen molar-refractivity contribution in [1.82, 2.24) is 9.78 Å². The summed E-state index contributed by atoms with van der Waals surface area (Å²) >= 11 is 5.57. The Balaban J connectivity index is 2.01. The zero-order valence-electron chi connectivity index (χ0n) is 10.9. The van der Waals surface area contributed by atoms with Crippen molar-refractivity contribution >= 4 is 11.6 Å². The van der Waals surface area contributed by atoms with Gasteiger partial charge < -0.3 is 4.74 Å². The maximum atomic E-state index is 13.3. The number of ether oxygens (including phenoxy) is 1. The van der Waals surface area contributed by atoms with E-state index in [-0.39, 0.29) is 5.82 Å². The van der Waals surface area contributed by atoms with Crippen LogP contribution in [-0.2, 0) is 6.54 Å². The van der Waals surface area contributed by atoms with Crippen LogP contribution in [-0.4, -0.2) is 22.3 Å². The number of halogens is 2. The minimum absolute atomic E-state index is 0.345. The second-order valence-corrected chi connectivity index (χ2v) is 4.38.